The number of carboxylic acid groups (broad SMARTS) is 1. The molecule has 3 aromatic rings. The predicted octanol–water partition coefficient (Wildman–Crippen LogP) is 3.22. The van der Waals surface area contributed by atoms with Crippen molar-refractivity contribution in [2.75, 3.05) is 20.3 Å². The first-order valence-corrected chi connectivity index (χ1v) is 13.8. The summed E-state index contributed by atoms with van der Waals surface area (Å²) >= 11 is 1.22. The van der Waals surface area contributed by atoms with Crippen LogP contribution >= 0.6 is 11.3 Å². The number of fused-ring (bicyclic) bond motifs is 1. The van der Waals surface area contributed by atoms with E-state index >= 15 is 0 Å². The third-order valence-electron chi connectivity index (χ3n) is 5.78. The van der Waals surface area contributed by atoms with Gasteiger partial charge in [-0.1, -0.05) is 35.6 Å². The largest absolute Gasteiger partial charge is 0.493 e. The van der Waals surface area contributed by atoms with Crippen LogP contribution in [-0.4, -0.2) is 47.9 Å². The van der Waals surface area contributed by atoms with Crippen LogP contribution in [0.15, 0.2) is 63.5 Å². The third kappa shape index (κ3) is 7.32. The zero-order valence-electron chi connectivity index (χ0n) is 24.1. The van der Waals surface area contributed by atoms with Crippen molar-refractivity contribution >= 4 is 35.3 Å². The molecule has 11 nitrogen and oxygen atoms in total. The van der Waals surface area contributed by atoms with Gasteiger partial charge in [-0.3, -0.25) is 19.0 Å². The van der Waals surface area contributed by atoms with E-state index in [-0.39, 0.29) is 29.2 Å². The second kappa shape index (κ2) is 14.3. The van der Waals surface area contributed by atoms with Crippen molar-refractivity contribution in [3.63, 3.8) is 0 Å². The van der Waals surface area contributed by atoms with Crippen LogP contribution in [0.1, 0.15) is 51.8 Å². The maximum absolute atomic E-state index is 13.8. The smallest absolute Gasteiger partial charge is 0.338 e. The van der Waals surface area contributed by atoms with Gasteiger partial charge >= 0.3 is 11.9 Å². The third-order valence-corrected chi connectivity index (χ3v) is 6.76. The number of para-hydroxylation sites is 1. The summed E-state index contributed by atoms with van der Waals surface area (Å²) in [6.45, 7) is 8.34. The van der Waals surface area contributed by atoms with E-state index in [0.29, 0.717) is 33.0 Å². The van der Waals surface area contributed by atoms with E-state index in [9.17, 15) is 14.4 Å². The molecule has 1 aliphatic heterocycles. The molecule has 0 spiro atoms. The van der Waals surface area contributed by atoms with Gasteiger partial charge in [-0.2, -0.15) is 0 Å². The molecular formula is C30H32N2O9S. The van der Waals surface area contributed by atoms with Crippen LogP contribution in [0, 0.1) is 0 Å². The molecule has 2 aromatic carbocycles. The highest BCUT2D eigenvalue weighted by Gasteiger charge is 2.34. The number of aromatic nitrogens is 1. The van der Waals surface area contributed by atoms with Crippen molar-refractivity contribution in [3.05, 3.63) is 84.5 Å². The van der Waals surface area contributed by atoms with E-state index in [0.717, 1.165) is 12.5 Å². The molecule has 4 rings (SSSR count). The molecule has 1 atom stereocenters. The molecule has 0 saturated heterocycles. The Kier molecular flexibility index (Phi) is 10.8. The highest BCUT2D eigenvalue weighted by Crippen LogP contribution is 2.36. The number of aliphatic carboxylic acids is 1. The summed E-state index contributed by atoms with van der Waals surface area (Å²) in [7, 11) is 1.45. The first-order valence-electron chi connectivity index (χ1n) is 13.0. The van der Waals surface area contributed by atoms with Gasteiger partial charge in [0, 0.05) is 19.4 Å². The highest BCUT2D eigenvalue weighted by atomic mass is 32.1. The number of methoxy groups -OCH3 is 1. The maximum atomic E-state index is 13.8. The molecule has 0 fully saturated rings. The van der Waals surface area contributed by atoms with Crippen LogP contribution in [0.3, 0.4) is 0 Å². The van der Waals surface area contributed by atoms with Crippen molar-refractivity contribution in [1.82, 2.24) is 4.57 Å². The van der Waals surface area contributed by atoms with Gasteiger partial charge in [-0.25, -0.2) is 9.79 Å². The predicted molar refractivity (Wildman–Crippen MR) is 156 cm³/mol. The molecule has 0 saturated carbocycles. The van der Waals surface area contributed by atoms with Crippen LogP contribution in [0.25, 0.3) is 6.08 Å². The van der Waals surface area contributed by atoms with E-state index in [2.05, 4.69) is 4.99 Å². The number of carboxylic acids is 1. The number of hydrogen-bond acceptors (Lipinski definition) is 10. The van der Waals surface area contributed by atoms with E-state index in [1.54, 1.807) is 38.1 Å². The van der Waals surface area contributed by atoms with Gasteiger partial charge in [0.25, 0.3) is 11.5 Å². The van der Waals surface area contributed by atoms with Gasteiger partial charge in [0.15, 0.2) is 16.3 Å². The molecule has 1 N–H and O–H groups in total. The molecule has 0 radical (unpaired) electrons. The van der Waals surface area contributed by atoms with Crippen molar-refractivity contribution < 1.29 is 38.4 Å². The number of thiazole rings is 1. The summed E-state index contributed by atoms with van der Waals surface area (Å²) in [5, 5.41) is 7.42. The average molecular weight is 597 g/mol. The number of allylic oxidation sites excluding steroid dienone is 1. The molecule has 0 bridgehead atoms. The monoisotopic (exact) mass is 596 g/mol. The second-order valence-electron chi connectivity index (χ2n) is 8.80. The summed E-state index contributed by atoms with van der Waals surface area (Å²) in [6, 6.07) is 11.5. The molecule has 1 aromatic heterocycles. The first kappa shape index (κ1) is 31.8. The Balaban J connectivity index is 0.00000114. The van der Waals surface area contributed by atoms with Gasteiger partial charge in [0.1, 0.15) is 5.75 Å². The zero-order valence-corrected chi connectivity index (χ0v) is 24.9. The number of rotatable bonds is 8. The van der Waals surface area contributed by atoms with Crippen LogP contribution in [0.5, 0.6) is 17.2 Å². The quantitative estimate of drug-likeness (QED) is 0.306. The molecule has 1 aliphatic rings. The fraction of sp³-hybridized carbons (Fsp3) is 0.300. The molecule has 0 aliphatic carbocycles. The first-order chi connectivity index (χ1) is 20.0. The Bertz CT molecular complexity index is 1700. The van der Waals surface area contributed by atoms with Gasteiger partial charge in [0.2, 0.25) is 0 Å². The zero-order chi connectivity index (χ0) is 31.0. The van der Waals surface area contributed by atoms with Crippen LogP contribution in [-0.2, 0) is 19.1 Å². The Morgan fingerprint density at radius 2 is 1.74 bits per heavy atom. The summed E-state index contributed by atoms with van der Waals surface area (Å²) in [6.07, 6.45) is 1.76. The lowest BCUT2D eigenvalue weighted by molar-refractivity contribution is -0.139. The van der Waals surface area contributed by atoms with Crippen molar-refractivity contribution in [3.8, 4) is 17.2 Å². The SMILES string of the molecule is CC(=O)O.CCOC(=O)C1=C(C)N=c2s/c(=C/c3ccccc3OCC)c(=O)n2C1c1ccc(OC(C)=O)c(OC)c1. The van der Waals surface area contributed by atoms with Crippen molar-refractivity contribution in [2.24, 2.45) is 4.99 Å². The highest BCUT2D eigenvalue weighted by molar-refractivity contribution is 7.07. The van der Waals surface area contributed by atoms with E-state index < -0.39 is 23.9 Å². The molecular weight excluding hydrogens is 564 g/mol. The molecule has 1 unspecified atom stereocenters. The lowest BCUT2D eigenvalue weighted by Crippen LogP contribution is -2.40. The van der Waals surface area contributed by atoms with E-state index in [4.69, 9.17) is 28.8 Å². The Hall–Kier alpha value is -4.71. The fourth-order valence-corrected chi connectivity index (χ4v) is 5.27. The van der Waals surface area contributed by atoms with Crippen molar-refractivity contribution in [2.45, 2.75) is 40.7 Å². The lowest BCUT2D eigenvalue weighted by atomic mass is 9.95. The van der Waals surface area contributed by atoms with Gasteiger partial charge in [-0.15, -0.1) is 0 Å². The fourth-order valence-electron chi connectivity index (χ4n) is 4.23. The number of esters is 2. The summed E-state index contributed by atoms with van der Waals surface area (Å²) in [5.74, 6) is -0.742. The minimum Gasteiger partial charge on any atom is -0.493 e. The Labute approximate surface area is 246 Å². The Morgan fingerprint density at radius 1 is 1.05 bits per heavy atom. The second-order valence-corrected chi connectivity index (χ2v) is 9.81. The number of nitrogens with zero attached hydrogens (tertiary/aromatic N) is 2. The van der Waals surface area contributed by atoms with Crippen LogP contribution < -0.4 is 29.1 Å². The van der Waals surface area contributed by atoms with Gasteiger partial charge < -0.3 is 24.1 Å². The van der Waals surface area contributed by atoms with Crippen LogP contribution in [0.4, 0.5) is 0 Å². The molecule has 2 heterocycles. The van der Waals surface area contributed by atoms with Crippen molar-refractivity contribution in [1.29, 1.82) is 0 Å². The number of carbonyl (C=O) groups is 3. The molecule has 222 valence electrons. The van der Waals surface area contributed by atoms with Gasteiger partial charge in [0.05, 0.1) is 42.2 Å². The normalized spacial score (nSPS) is 14.1. The molecule has 0 amide bonds. The number of benzene rings is 2. The number of ether oxygens (including phenoxy) is 4. The standard InChI is InChI=1S/C28H28N2O7S.C2H4O2/c1-6-35-20-11-9-8-10-18(20)15-23-26(32)30-25(19-12-13-21(37-17(4)31)22(14-19)34-5)24(27(33)36-7-2)16(3)29-28(30)38-23;1-2(3)4/h8-15,25H,6-7H2,1-5H3;1H3,(H,3,4)/b23-15+;. The summed E-state index contributed by atoms with van der Waals surface area (Å²) in [4.78, 5) is 52.5. The average Bonchev–Trinajstić information content (AvgIpc) is 3.23. The number of hydrogen-bond donors (Lipinski definition) is 1. The molecule has 42 heavy (non-hydrogen) atoms. The summed E-state index contributed by atoms with van der Waals surface area (Å²) in [5.41, 5.74) is 1.69. The Morgan fingerprint density at radius 3 is 2.36 bits per heavy atom. The topological polar surface area (TPSA) is 143 Å². The minimum absolute atomic E-state index is 0.162. The maximum Gasteiger partial charge on any atom is 0.338 e. The minimum atomic E-state index is -0.838. The number of carbonyl (C=O) groups excluding carboxylic acids is 2. The molecule has 12 heteroatoms. The van der Waals surface area contributed by atoms with E-state index in [1.807, 2.05) is 31.2 Å². The van der Waals surface area contributed by atoms with Gasteiger partial charge in [-0.05, 0) is 50.6 Å². The van der Waals surface area contributed by atoms with Crippen LogP contribution in [0.2, 0.25) is 0 Å². The van der Waals surface area contributed by atoms with E-state index in [1.165, 1.54) is 29.9 Å². The summed E-state index contributed by atoms with van der Waals surface area (Å²) < 4.78 is 23.7. The lowest BCUT2D eigenvalue weighted by Gasteiger charge is -2.25.